The van der Waals surface area contributed by atoms with Crippen molar-refractivity contribution in [2.45, 2.75) is 19.3 Å². The molecule has 1 aliphatic heterocycles. The Hall–Kier alpha value is -2.40. The van der Waals surface area contributed by atoms with Crippen molar-refractivity contribution in [3.63, 3.8) is 0 Å². The van der Waals surface area contributed by atoms with Gasteiger partial charge >= 0.3 is 0 Å². The van der Waals surface area contributed by atoms with E-state index in [2.05, 4.69) is 10.0 Å². The summed E-state index contributed by atoms with van der Waals surface area (Å²) in [5, 5.41) is 3.42. The summed E-state index contributed by atoms with van der Waals surface area (Å²) in [4.78, 5) is 27.6. The Labute approximate surface area is 114 Å². The van der Waals surface area contributed by atoms with Crippen LogP contribution in [0.2, 0.25) is 0 Å². The molecule has 1 aromatic carbocycles. The maximum absolute atomic E-state index is 13.1. The summed E-state index contributed by atoms with van der Waals surface area (Å²) in [6, 6.07) is 3.78. The molecule has 1 amide bonds. The maximum atomic E-state index is 13.1. The van der Waals surface area contributed by atoms with Gasteiger partial charge in [0.1, 0.15) is 5.82 Å². The molecule has 1 heterocycles. The number of fused-ring (bicyclic) bond motifs is 1. The molecular weight excluding hydrogens is 263 g/mol. The van der Waals surface area contributed by atoms with E-state index in [1.807, 2.05) is 0 Å². The molecule has 0 bridgehead atoms. The van der Waals surface area contributed by atoms with Crippen molar-refractivity contribution in [3.05, 3.63) is 40.0 Å². The molecule has 2 rings (SSSR count). The molecule has 0 saturated carbocycles. The second-order valence-corrected chi connectivity index (χ2v) is 4.46. The van der Waals surface area contributed by atoms with Crippen LogP contribution in [-0.4, -0.2) is 24.8 Å². The molecule has 20 heavy (non-hydrogen) atoms. The summed E-state index contributed by atoms with van der Waals surface area (Å²) in [7, 11) is 0. The van der Waals surface area contributed by atoms with E-state index >= 15 is 0 Å². The van der Waals surface area contributed by atoms with Crippen LogP contribution < -0.4 is 4.90 Å². The molecule has 0 unspecified atom stereocenters. The predicted octanol–water partition coefficient (Wildman–Crippen LogP) is 2.84. The first-order chi connectivity index (χ1) is 9.65. The SMILES string of the molecule is [N-]=[N+]=NCCCCCN1C(=O)C(=O)c2cc(F)ccc21. The topological polar surface area (TPSA) is 86.1 Å². The number of carbonyl (C=O) groups is 2. The Morgan fingerprint density at radius 1 is 1.25 bits per heavy atom. The van der Waals surface area contributed by atoms with E-state index < -0.39 is 17.5 Å². The van der Waals surface area contributed by atoms with Gasteiger partial charge in [0.25, 0.3) is 11.7 Å². The number of hydrogen-bond donors (Lipinski definition) is 0. The van der Waals surface area contributed by atoms with Crippen molar-refractivity contribution in [2.75, 3.05) is 18.0 Å². The van der Waals surface area contributed by atoms with Crippen molar-refractivity contribution in [1.82, 2.24) is 0 Å². The van der Waals surface area contributed by atoms with E-state index in [-0.39, 0.29) is 5.56 Å². The van der Waals surface area contributed by atoms with Gasteiger partial charge in [-0.15, -0.1) is 0 Å². The molecule has 6 nitrogen and oxygen atoms in total. The normalized spacial score (nSPS) is 13.3. The van der Waals surface area contributed by atoms with Gasteiger partial charge in [0.2, 0.25) is 0 Å². The quantitative estimate of drug-likeness (QED) is 0.263. The highest BCUT2D eigenvalue weighted by Gasteiger charge is 2.35. The minimum atomic E-state index is -0.659. The average molecular weight is 276 g/mol. The summed E-state index contributed by atoms with van der Waals surface area (Å²) in [6.07, 6.45) is 2.21. The second-order valence-electron chi connectivity index (χ2n) is 4.46. The lowest BCUT2D eigenvalue weighted by Gasteiger charge is -2.16. The van der Waals surface area contributed by atoms with Crippen molar-refractivity contribution >= 4 is 17.4 Å². The van der Waals surface area contributed by atoms with Crippen LogP contribution in [-0.2, 0) is 4.79 Å². The molecule has 0 aromatic heterocycles. The molecule has 1 aliphatic rings. The molecular formula is C13H13FN4O2. The third kappa shape index (κ3) is 2.78. The fourth-order valence-electron chi connectivity index (χ4n) is 2.17. The maximum Gasteiger partial charge on any atom is 0.299 e. The third-order valence-corrected chi connectivity index (χ3v) is 3.14. The second kappa shape index (κ2) is 6.16. The minimum Gasteiger partial charge on any atom is -0.305 e. The number of unbranched alkanes of at least 4 members (excludes halogenated alkanes) is 2. The minimum absolute atomic E-state index is 0.129. The smallest absolute Gasteiger partial charge is 0.299 e. The van der Waals surface area contributed by atoms with E-state index in [1.165, 1.54) is 17.0 Å². The zero-order valence-corrected chi connectivity index (χ0v) is 10.8. The van der Waals surface area contributed by atoms with Gasteiger partial charge in [-0.3, -0.25) is 9.59 Å². The number of hydrogen-bond acceptors (Lipinski definition) is 3. The fourth-order valence-corrected chi connectivity index (χ4v) is 2.17. The molecule has 0 atom stereocenters. The first-order valence-corrected chi connectivity index (χ1v) is 6.31. The lowest BCUT2D eigenvalue weighted by molar-refractivity contribution is -0.114. The van der Waals surface area contributed by atoms with Crippen LogP contribution in [0.4, 0.5) is 10.1 Å². The van der Waals surface area contributed by atoms with E-state index in [0.29, 0.717) is 25.2 Å². The average Bonchev–Trinajstić information content (AvgIpc) is 2.67. The lowest BCUT2D eigenvalue weighted by Crippen LogP contribution is -2.30. The highest BCUT2D eigenvalue weighted by atomic mass is 19.1. The van der Waals surface area contributed by atoms with Crippen LogP contribution in [0.15, 0.2) is 23.3 Å². The van der Waals surface area contributed by atoms with Gasteiger partial charge < -0.3 is 4.90 Å². The highest BCUT2D eigenvalue weighted by molar-refractivity contribution is 6.52. The standard InChI is InChI=1S/C13H13FN4O2/c14-9-4-5-11-10(8-9)12(19)13(20)18(11)7-3-1-2-6-16-17-15/h4-5,8H,1-3,6-7H2. The van der Waals surface area contributed by atoms with E-state index in [0.717, 1.165) is 18.9 Å². The van der Waals surface area contributed by atoms with Crippen LogP contribution in [0.25, 0.3) is 10.4 Å². The van der Waals surface area contributed by atoms with Crippen LogP contribution in [0.1, 0.15) is 29.6 Å². The van der Waals surface area contributed by atoms with Crippen molar-refractivity contribution in [2.24, 2.45) is 5.11 Å². The largest absolute Gasteiger partial charge is 0.305 e. The fraction of sp³-hybridized carbons (Fsp3) is 0.385. The Morgan fingerprint density at radius 2 is 2.05 bits per heavy atom. The number of rotatable bonds is 6. The summed E-state index contributed by atoms with van der Waals surface area (Å²) >= 11 is 0. The van der Waals surface area contributed by atoms with Gasteiger partial charge in [0.05, 0.1) is 11.3 Å². The highest BCUT2D eigenvalue weighted by Crippen LogP contribution is 2.29. The Bertz CT molecular complexity index is 596. The number of Topliss-reactive ketones (excluding diaryl/α,β-unsaturated/α-hetero) is 1. The molecule has 7 heteroatoms. The zero-order valence-electron chi connectivity index (χ0n) is 10.8. The van der Waals surface area contributed by atoms with Gasteiger partial charge in [0.15, 0.2) is 0 Å². The number of carbonyl (C=O) groups excluding carboxylic acids is 2. The molecule has 0 aliphatic carbocycles. The Morgan fingerprint density at radius 3 is 2.80 bits per heavy atom. The van der Waals surface area contributed by atoms with Crippen LogP contribution in [0, 0.1) is 5.82 Å². The molecule has 1 aromatic rings. The summed E-state index contributed by atoms with van der Waals surface area (Å²) in [5.74, 6) is -1.80. The molecule has 0 fully saturated rings. The summed E-state index contributed by atoms with van der Waals surface area (Å²) in [5.41, 5.74) is 8.73. The molecule has 0 N–H and O–H groups in total. The van der Waals surface area contributed by atoms with Gasteiger partial charge in [-0.25, -0.2) is 4.39 Å². The van der Waals surface area contributed by atoms with Crippen molar-refractivity contribution in [1.29, 1.82) is 0 Å². The van der Waals surface area contributed by atoms with Gasteiger partial charge in [0, 0.05) is 18.0 Å². The van der Waals surface area contributed by atoms with Crippen LogP contribution in [0.5, 0.6) is 0 Å². The number of nitrogens with zero attached hydrogens (tertiary/aromatic N) is 4. The predicted molar refractivity (Wildman–Crippen MR) is 70.9 cm³/mol. The monoisotopic (exact) mass is 276 g/mol. The molecule has 0 saturated heterocycles. The lowest BCUT2D eigenvalue weighted by atomic mass is 10.1. The molecule has 0 radical (unpaired) electrons. The van der Waals surface area contributed by atoms with Crippen LogP contribution >= 0.6 is 0 Å². The summed E-state index contributed by atoms with van der Waals surface area (Å²) < 4.78 is 13.1. The number of benzene rings is 1. The van der Waals surface area contributed by atoms with Gasteiger partial charge in [-0.2, -0.15) is 0 Å². The van der Waals surface area contributed by atoms with Gasteiger partial charge in [-0.1, -0.05) is 11.5 Å². The molecule has 104 valence electrons. The first kappa shape index (κ1) is 14.0. The van der Waals surface area contributed by atoms with E-state index in [9.17, 15) is 14.0 Å². The number of ketones is 1. The Balaban J connectivity index is 1.98. The number of anilines is 1. The summed E-state index contributed by atoms with van der Waals surface area (Å²) in [6.45, 7) is 0.824. The number of halogens is 1. The van der Waals surface area contributed by atoms with E-state index in [1.54, 1.807) is 0 Å². The third-order valence-electron chi connectivity index (χ3n) is 3.14. The molecule has 0 spiro atoms. The number of amides is 1. The van der Waals surface area contributed by atoms with Crippen LogP contribution in [0.3, 0.4) is 0 Å². The first-order valence-electron chi connectivity index (χ1n) is 6.31. The number of azide groups is 1. The van der Waals surface area contributed by atoms with Gasteiger partial charge in [-0.05, 0) is 36.6 Å². The Kier molecular flexibility index (Phi) is 4.32. The zero-order chi connectivity index (χ0) is 14.5. The van der Waals surface area contributed by atoms with Crippen molar-refractivity contribution < 1.29 is 14.0 Å². The van der Waals surface area contributed by atoms with Crippen molar-refractivity contribution in [3.8, 4) is 0 Å². The van der Waals surface area contributed by atoms with E-state index in [4.69, 9.17) is 5.53 Å².